The van der Waals surface area contributed by atoms with E-state index in [4.69, 9.17) is 5.11 Å². The maximum Gasteiger partial charge on any atom is 0.335 e. The topological polar surface area (TPSA) is 71.4 Å². The van der Waals surface area contributed by atoms with Crippen molar-refractivity contribution in [3.05, 3.63) is 29.3 Å². The molecule has 0 atom stereocenters. The highest BCUT2D eigenvalue weighted by Gasteiger charge is 2.19. The molecule has 0 saturated heterocycles. The fourth-order valence-electron chi connectivity index (χ4n) is 1.56. The molecule has 0 saturated carbocycles. The number of sulfone groups is 1. The standard InChI is InChI=1S/C12H16O4S/c1-8(2)7-17(15,16)10-5-4-9(3)11(6-10)12(13)14/h4-6,8H,7H2,1-3H3,(H,13,14). The van der Waals surface area contributed by atoms with Gasteiger partial charge in [-0.05, 0) is 30.5 Å². The van der Waals surface area contributed by atoms with Gasteiger partial charge in [0.2, 0.25) is 0 Å². The molecule has 0 amide bonds. The fraction of sp³-hybridized carbons (Fsp3) is 0.417. The Morgan fingerprint density at radius 2 is 1.94 bits per heavy atom. The first-order valence-corrected chi connectivity index (χ1v) is 6.96. The van der Waals surface area contributed by atoms with Crippen molar-refractivity contribution in [2.24, 2.45) is 5.92 Å². The number of aromatic carboxylic acids is 1. The molecular formula is C12H16O4S. The minimum atomic E-state index is -3.40. The highest BCUT2D eigenvalue weighted by Crippen LogP contribution is 2.18. The lowest BCUT2D eigenvalue weighted by atomic mass is 10.1. The second-order valence-electron chi connectivity index (χ2n) is 4.46. The van der Waals surface area contributed by atoms with E-state index in [0.29, 0.717) is 5.56 Å². The number of carboxylic acids is 1. The van der Waals surface area contributed by atoms with Gasteiger partial charge in [0.1, 0.15) is 0 Å². The van der Waals surface area contributed by atoms with Gasteiger partial charge in [-0.25, -0.2) is 13.2 Å². The third kappa shape index (κ3) is 3.30. The van der Waals surface area contributed by atoms with Crippen molar-refractivity contribution < 1.29 is 18.3 Å². The van der Waals surface area contributed by atoms with Crippen LogP contribution in [-0.2, 0) is 9.84 Å². The Labute approximate surface area is 101 Å². The monoisotopic (exact) mass is 256 g/mol. The average molecular weight is 256 g/mol. The van der Waals surface area contributed by atoms with Gasteiger partial charge in [-0.3, -0.25) is 0 Å². The lowest BCUT2D eigenvalue weighted by Gasteiger charge is -2.09. The van der Waals surface area contributed by atoms with Crippen LogP contribution in [-0.4, -0.2) is 25.2 Å². The number of rotatable bonds is 4. The highest BCUT2D eigenvalue weighted by molar-refractivity contribution is 7.91. The summed E-state index contributed by atoms with van der Waals surface area (Å²) >= 11 is 0. The summed E-state index contributed by atoms with van der Waals surface area (Å²) in [5, 5.41) is 8.94. The van der Waals surface area contributed by atoms with E-state index in [9.17, 15) is 13.2 Å². The van der Waals surface area contributed by atoms with Gasteiger partial charge in [-0.1, -0.05) is 19.9 Å². The molecule has 0 aliphatic heterocycles. The van der Waals surface area contributed by atoms with E-state index in [1.807, 2.05) is 13.8 Å². The number of carbonyl (C=O) groups is 1. The van der Waals surface area contributed by atoms with Crippen LogP contribution in [0.25, 0.3) is 0 Å². The van der Waals surface area contributed by atoms with E-state index in [2.05, 4.69) is 0 Å². The van der Waals surface area contributed by atoms with Gasteiger partial charge in [-0.2, -0.15) is 0 Å². The molecule has 1 N–H and O–H groups in total. The van der Waals surface area contributed by atoms with Crippen LogP contribution in [0.1, 0.15) is 29.8 Å². The molecule has 1 aromatic rings. The Hall–Kier alpha value is -1.36. The van der Waals surface area contributed by atoms with E-state index in [1.54, 1.807) is 6.92 Å². The normalized spacial score (nSPS) is 11.8. The summed E-state index contributed by atoms with van der Waals surface area (Å²) < 4.78 is 23.9. The van der Waals surface area contributed by atoms with Crippen LogP contribution in [0.15, 0.2) is 23.1 Å². The van der Waals surface area contributed by atoms with Crippen molar-refractivity contribution in [1.29, 1.82) is 0 Å². The average Bonchev–Trinajstić information content (AvgIpc) is 2.15. The maximum absolute atomic E-state index is 11.9. The first-order valence-electron chi connectivity index (χ1n) is 5.30. The third-order valence-corrected chi connectivity index (χ3v) is 4.43. The molecule has 0 heterocycles. The third-order valence-electron chi connectivity index (χ3n) is 2.35. The zero-order valence-corrected chi connectivity index (χ0v) is 10.9. The summed E-state index contributed by atoms with van der Waals surface area (Å²) in [6, 6.07) is 4.21. The van der Waals surface area contributed by atoms with Crippen molar-refractivity contribution in [3.63, 3.8) is 0 Å². The minimum absolute atomic E-state index is 0.00887. The van der Waals surface area contributed by atoms with Crippen LogP contribution in [0.4, 0.5) is 0 Å². The molecule has 0 aliphatic rings. The van der Waals surface area contributed by atoms with E-state index >= 15 is 0 Å². The van der Waals surface area contributed by atoms with E-state index in [-0.39, 0.29) is 22.1 Å². The van der Waals surface area contributed by atoms with Crippen LogP contribution in [0.3, 0.4) is 0 Å². The maximum atomic E-state index is 11.9. The van der Waals surface area contributed by atoms with Gasteiger partial charge < -0.3 is 5.11 Å². The Kier molecular flexibility index (Phi) is 3.93. The Morgan fingerprint density at radius 3 is 2.41 bits per heavy atom. The number of hydrogen-bond donors (Lipinski definition) is 1. The van der Waals surface area contributed by atoms with Gasteiger partial charge in [-0.15, -0.1) is 0 Å². The lowest BCUT2D eigenvalue weighted by molar-refractivity contribution is 0.0696. The second kappa shape index (κ2) is 4.87. The molecule has 94 valence electrons. The van der Waals surface area contributed by atoms with Crippen LogP contribution in [0.2, 0.25) is 0 Å². The molecule has 1 aromatic carbocycles. The first kappa shape index (κ1) is 13.7. The van der Waals surface area contributed by atoms with Crippen molar-refractivity contribution >= 4 is 15.8 Å². The molecular weight excluding hydrogens is 240 g/mol. The predicted octanol–water partition coefficient (Wildman–Crippen LogP) is 2.12. The van der Waals surface area contributed by atoms with Gasteiger partial charge in [0.05, 0.1) is 16.2 Å². The Bertz CT molecular complexity index is 529. The van der Waals surface area contributed by atoms with Crippen LogP contribution < -0.4 is 0 Å². The molecule has 0 fully saturated rings. The van der Waals surface area contributed by atoms with E-state index in [1.165, 1.54) is 18.2 Å². The van der Waals surface area contributed by atoms with Crippen LogP contribution >= 0.6 is 0 Å². The summed E-state index contributed by atoms with van der Waals surface area (Å²) in [7, 11) is -3.40. The highest BCUT2D eigenvalue weighted by atomic mass is 32.2. The molecule has 5 heteroatoms. The summed E-state index contributed by atoms with van der Waals surface area (Å²) in [6.45, 7) is 5.26. The van der Waals surface area contributed by atoms with Crippen LogP contribution in [0, 0.1) is 12.8 Å². The van der Waals surface area contributed by atoms with Gasteiger partial charge in [0, 0.05) is 0 Å². The minimum Gasteiger partial charge on any atom is -0.478 e. The smallest absolute Gasteiger partial charge is 0.335 e. The summed E-state index contributed by atoms with van der Waals surface area (Å²) in [6.07, 6.45) is 0. The lowest BCUT2D eigenvalue weighted by Crippen LogP contribution is -2.13. The molecule has 1 rings (SSSR count). The van der Waals surface area contributed by atoms with Gasteiger partial charge in [0.15, 0.2) is 9.84 Å². The van der Waals surface area contributed by atoms with Gasteiger partial charge in [0.25, 0.3) is 0 Å². The fourth-order valence-corrected chi connectivity index (χ4v) is 3.20. The Morgan fingerprint density at radius 1 is 1.35 bits per heavy atom. The second-order valence-corrected chi connectivity index (χ2v) is 6.49. The zero-order valence-electron chi connectivity index (χ0n) is 10.1. The predicted molar refractivity (Wildman–Crippen MR) is 65.0 cm³/mol. The van der Waals surface area contributed by atoms with Crippen molar-refractivity contribution in [2.75, 3.05) is 5.75 Å². The van der Waals surface area contributed by atoms with E-state index < -0.39 is 15.8 Å². The van der Waals surface area contributed by atoms with Crippen LogP contribution in [0.5, 0.6) is 0 Å². The van der Waals surface area contributed by atoms with Crippen molar-refractivity contribution in [2.45, 2.75) is 25.7 Å². The van der Waals surface area contributed by atoms with Crippen molar-refractivity contribution in [3.8, 4) is 0 Å². The number of aryl methyl sites for hydroxylation is 1. The zero-order chi connectivity index (χ0) is 13.2. The summed E-state index contributed by atoms with van der Waals surface area (Å²) in [5.74, 6) is -1.08. The molecule has 4 nitrogen and oxygen atoms in total. The van der Waals surface area contributed by atoms with Gasteiger partial charge >= 0.3 is 5.97 Å². The van der Waals surface area contributed by atoms with Crippen molar-refractivity contribution in [1.82, 2.24) is 0 Å². The first-order chi connectivity index (χ1) is 7.74. The summed E-state index contributed by atoms with van der Waals surface area (Å²) in [4.78, 5) is 11.0. The van der Waals surface area contributed by atoms with E-state index in [0.717, 1.165) is 0 Å². The largest absolute Gasteiger partial charge is 0.478 e. The molecule has 0 bridgehead atoms. The summed E-state index contributed by atoms with van der Waals surface area (Å²) in [5.41, 5.74) is 0.593. The molecule has 0 aromatic heterocycles. The molecule has 0 unspecified atom stereocenters. The number of carboxylic acid groups (broad SMARTS) is 1. The molecule has 0 spiro atoms. The quantitative estimate of drug-likeness (QED) is 0.895. The molecule has 0 radical (unpaired) electrons. The molecule has 0 aliphatic carbocycles. The number of benzene rings is 1. The number of hydrogen-bond acceptors (Lipinski definition) is 3. The Balaban J connectivity index is 3.25. The molecule has 17 heavy (non-hydrogen) atoms. The SMILES string of the molecule is Cc1ccc(S(=O)(=O)CC(C)C)cc1C(=O)O.